The van der Waals surface area contributed by atoms with Gasteiger partial charge in [-0.3, -0.25) is 0 Å². The third-order valence-corrected chi connectivity index (χ3v) is 5.07. The van der Waals surface area contributed by atoms with Gasteiger partial charge in [0.05, 0.1) is 6.54 Å². The predicted molar refractivity (Wildman–Crippen MR) is 80.4 cm³/mol. The van der Waals surface area contributed by atoms with Gasteiger partial charge in [0.25, 0.3) is 0 Å². The van der Waals surface area contributed by atoms with Gasteiger partial charge in [0, 0.05) is 12.0 Å². The molecule has 0 saturated heterocycles. The largest absolute Gasteiger partial charge is 0.324 e. The van der Waals surface area contributed by atoms with Crippen molar-refractivity contribution in [1.29, 1.82) is 0 Å². The van der Waals surface area contributed by atoms with E-state index >= 15 is 0 Å². The van der Waals surface area contributed by atoms with Gasteiger partial charge in [0.15, 0.2) is 0 Å². The Bertz CT molecular complexity index is 428. The zero-order valence-electron chi connectivity index (χ0n) is 12.7. The third kappa shape index (κ3) is 2.90. The highest BCUT2D eigenvalue weighted by Crippen LogP contribution is 2.42. The third-order valence-electron chi connectivity index (χ3n) is 5.07. The van der Waals surface area contributed by atoms with Gasteiger partial charge in [-0.1, -0.05) is 26.2 Å². The molecule has 0 aliphatic heterocycles. The monoisotopic (exact) mass is 276 g/mol. The molecule has 112 valence electrons. The van der Waals surface area contributed by atoms with Crippen LogP contribution < -0.4 is 5.73 Å². The van der Waals surface area contributed by atoms with E-state index in [1.54, 1.807) is 0 Å². The van der Waals surface area contributed by atoms with E-state index in [9.17, 15) is 0 Å². The Morgan fingerprint density at radius 1 is 1.10 bits per heavy atom. The summed E-state index contributed by atoms with van der Waals surface area (Å²) in [6.07, 6.45) is 12.1. The Kier molecular flexibility index (Phi) is 4.39. The minimum atomic E-state index is 0.523. The summed E-state index contributed by atoms with van der Waals surface area (Å²) >= 11 is 0. The van der Waals surface area contributed by atoms with Crippen molar-refractivity contribution in [2.75, 3.05) is 0 Å². The van der Waals surface area contributed by atoms with Crippen LogP contribution in [-0.4, -0.2) is 14.8 Å². The van der Waals surface area contributed by atoms with E-state index in [2.05, 4.69) is 21.7 Å². The normalized spacial score (nSPS) is 26.9. The molecule has 4 nitrogen and oxygen atoms in total. The van der Waals surface area contributed by atoms with Gasteiger partial charge in [-0.05, 0) is 44.4 Å². The topological polar surface area (TPSA) is 56.7 Å². The van der Waals surface area contributed by atoms with E-state index in [0.717, 1.165) is 11.7 Å². The second-order valence-electron chi connectivity index (χ2n) is 6.64. The molecule has 0 atom stereocenters. The minimum absolute atomic E-state index is 0.523. The molecular weight excluding hydrogens is 248 g/mol. The molecule has 2 N–H and O–H groups in total. The minimum Gasteiger partial charge on any atom is -0.324 e. The maximum Gasteiger partial charge on any atom is 0.147 e. The van der Waals surface area contributed by atoms with Crippen molar-refractivity contribution in [3.63, 3.8) is 0 Å². The summed E-state index contributed by atoms with van der Waals surface area (Å²) in [5.74, 6) is 3.82. The van der Waals surface area contributed by atoms with Gasteiger partial charge >= 0.3 is 0 Å². The Balaban J connectivity index is 1.64. The van der Waals surface area contributed by atoms with Crippen LogP contribution in [0.4, 0.5) is 0 Å². The van der Waals surface area contributed by atoms with Crippen molar-refractivity contribution in [3.8, 4) is 0 Å². The van der Waals surface area contributed by atoms with Crippen LogP contribution in [0, 0.1) is 5.92 Å². The second-order valence-corrected chi connectivity index (χ2v) is 6.64. The first-order valence-electron chi connectivity index (χ1n) is 8.47. The summed E-state index contributed by atoms with van der Waals surface area (Å²) in [4.78, 5) is 0. The molecular formula is C16H28N4. The van der Waals surface area contributed by atoms with Crippen LogP contribution in [0.15, 0.2) is 0 Å². The lowest BCUT2D eigenvalue weighted by Crippen LogP contribution is -2.18. The van der Waals surface area contributed by atoms with E-state index in [0.29, 0.717) is 18.5 Å². The van der Waals surface area contributed by atoms with E-state index < -0.39 is 0 Å². The lowest BCUT2D eigenvalue weighted by molar-refractivity contribution is 0.294. The molecule has 0 spiro atoms. The number of nitrogens with zero attached hydrogens (tertiary/aromatic N) is 3. The first kappa shape index (κ1) is 14.1. The van der Waals surface area contributed by atoms with Gasteiger partial charge < -0.3 is 10.3 Å². The molecule has 2 fully saturated rings. The molecule has 1 aromatic heterocycles. The van der Waals surface area contributed by atoms with Gasteiger partial charge in [-0.2, -0.15) is 0 Å². The molecule has 20 heavy (non-hydrogen) atoms. The number of rotatable bonds is 6. The van der Waals surface area contributed by atoms with Crippen molar-refractivity contribution in [2.24, 2.45) is 11.7 Å². The van der Waals surface area contributed by atoms with Crippen molar-refractivity contribution in [3.05, 3.63) is 11.6 Å². The molecule has 2 aliphatic carbocycles. The van der Waals surface area contributed by atoms with Gasteiger partial charge in [-0.15, -0.1) is 10.2 Å². The summed E-state index contributed by atoms with van der Waals surface area (Å²) in [5.41, 5.74) is 5.81. The van der Waals surface area contributed by atoms with Gasteiger partial charge in [0.2, 0.25) is 0 Å². The SMILES string of the molecule is CCCCC1CCC(c2nnc(CN)n2C2CC2)CC1. The van der Waals surface area contributed by atoms with E-state index in [4.69, 9.17) is 5.73 Å². The summed E-state index contributed by atoms with van der Waals surface area (Å²) < 4.78 is 2.37. The average Bonchev–Trinajstić information content (AvgIpc) is 3.24. The highest BCUT2D eigenvalue weighted by atomic mass is 15.3. The van der Waals surface area contributed by atoms with Crippen LogP contribution >= 0.6 is 0 Å². The molecule has 2 saturated carbocycles. The molecule has 0 amide bonds. The number of aromatic nitrogens is 3. The van der Waals surface area contributed by atoms with Gasteiger partial charge in [-0.25, -0.2) is 0 Å². The lowest BCUT2D eigenvalue weighted by Gasteiger charge is -2.28. The van der Waals surface area contributed by atoms with Crippen molar-refractivity contribution < 1.29 is 0 Å². The highest BCUT2D eigenvalue weighted by Gasteiger charge is 2.33. The van der Waals surface area contributed by atoms with Crippen LogP contribution in [0.2, 0.25) is 0 Å². The Morgan fingerprint density at radius 3 is 2.45 bits per heavy atom. The highest BCUT2D eigenvalue weighted by molar-refractivity contribution is 5.08. The first-order valence-corrected chi connectivity index (χ1v) is 8.47. The van der Waals surface area contributed by atoms with Crippen molar-refractivity contribution in [2.45, 2.75) is 83.2 Å². The standard InChI is InChI=1S/C16H28N4/c1-2-3-4-12-5-7-13(8-6-12)16-19-18-15(11-17)20(16)14-9-10-14/h12-14H,2-11,17H2,1H3. The number of hydrogen-bond donors (Lipinski definition) is 1. The Labute approximate surface area is 122 Å². The zero-order chi connectivity index (χ0) is 13.9. The summed E-state index contributed by atoms with van der Waals surface area (Å²) in [6.45, 7) is 2.81. The number of hydrogen-bond acceptors (Lipinski definition) is 3. The van der Waals surface area contributed by atoms with E-state index in [1.165, 1.54) is 63.6 Å². The number of unbranched alkanes of at least 4 members (excludes halogenated alkanes) is 1. The molecule has 1 heterocycles. The summed E-state index contributed by atoms with van der Waals surface area (Å²) in [7, 11) is 0. The summed E-state index contributed by atoms with van der Waals surface area (Å²) in [5, 5.41) is 8.82. The van der Waals surface area contributed by atoms with E-state index in [-0.39, 0.29) is 0 Å². The lowest BCUT2D eigenvalue weighted by atomic mass is 9.79. The number of nitrogens with two attached hydrogens (primary N) is 1. The quantitative estimate of drug-likeness (QED) is 0.864. The maximum absolute atomic E-state index is 5.81. The van der Waals surface area contributed by atoms with Gasteiger partial charge in [0.1, 0.15) is 11.6 Å². The van der Waals surface area contributed by atoms with Crippen LogP contribution in [0.25, 0.3) is 0 Å². The van der Waals surface area contributed by atoms with Crippen LogP contribution in [0.1, 0.15) is 88.3 Å². The fourth-order valence-corrected chi connectivity index (χ4v) is 3.69. The predicted octanol–water partition coefficient (Wildman–Crippen LogP) is 3.54. The smallest absolute Gasteiger partial charge is 0.147 e. The molecule has 0 aromatic carbocycles. The fourth-order valence-electron chi connectivity index (χ4n) is 3.69. The van der Waals surface area contributed by atoms with Crippen molar-refractivity contribution in [1.82, 2.24) is 14.8 Å². The maximum atomic E-state index is 5.81. The van der Waals surface area contributed by atoms with Crippen LogP contribution in [0.5, 0.6) is 0 Å². The molecule has 0 radical (unpaired) electrons. The second kappa shape index (κ2) is 6.25. The Morgan fingerprint density at radius 2 is 1.85 bits per heavy atom. The molecule has 0 unspecified atom stereocenters. The first-order chi connectivity index (χ1) is 9.83. The van der Waals surface area contributed by atoms with Crippen LogP contribution in [-0.2, 0) is 6.54 Å². The molecule has 1 aromatic rings. The zero-order valence-corrected chi connectivity index (χ0v) is 12.7. The fraction of sp³-hybridized carbons (Fsp3) is 0.875. The average molecular weight is 276 g/mol. The molecule has 0 bridgehead atoms. The summed E-state index contributed by atoms with van der Waals surface area (Å²) in [6, 6.07) is 0.649. The van der Waals surface area contributed by atoms with E-state index in [1.807, 2.05) is 0 Å². The molecule has 4 heteroatoms. The molecule has 3 rings (SSSR count). The molecule has 2 aliphatic rings. The Hall–Kier alpha value is -0.900. The van der Waals surface area contributed by atoms with Crippen LogP contribution in [0.3, 0.4) is 0 Å². The van der Waals surface area contributed by atoms with Crippen molar-refractivity contribution >= 4 is 0 Å².